The highest BCUT2D eigenvalue weighted by Gasteiger charge is 2.16. The third-order valence-corrected chi connectivity index (χ3v) is 5.82. The molecule has 1 saturated heterocycles. The first kappa shape index (κ1) is 16.7. The van der Waals surface area contributed by atoms with Crippen LogP contribution >= 0.6 is 33.9 Å². The SMILES string of the molecule is O=C(Nc1ccc2nc(N3CCOCC3)sc2c1)c1ccc(I)cc1. The van der Waals surface area contributed by atoms with Crippen LogP contribution in [0, 0.1) is 3.57 Å². The molecule has 1 fully saturated rings. The highest BCUT2D eigenvalue weighted by molar-refractivity contribution is 14.1. The van der Waals surface area contributed by atoms with Crippen LogP contribution in [0.4, 0.5) is 10.8 Å². The van der Waals surface area contributed by atoms with Crippen LogP contribution < -0.4 is 10.2 Å². The van der Waals surface area contributed by atoms with Crippen LogP contribution in [-0.2, 0) is 4.74 Å². The van der Waals surface area contributed by atoms with E-state index in [1.54, 1.807) is 11.3 Å². The molecule has 0 saturated carbocycles. The second kappa shape index (κ2) is 7.27. The topological polar surface area (TPSA) is 54.5 Å². The van der Waals surface area contributed by atoms with Gasteiger partial charge in [0.15, 0.2) is 5.13 Å². The number of carbonyl (C=O) groups excluding carboxylic acids is 1. The summed E-state index contributed by atoms with van der Waals surface area (Å²) in [6.07, 6.45) is 0. The van der Waals surface area contributed by atoms with Gasteiger partial charge in [-0.25, -0.2) is 4.98 Å². The highest BCUT2D eigenvalue weighted by atomic mass is 127. The Morgan fingerprint density at radius 2 is 1.92 bits per heavy atom. The number of halogens is 1. The minimum absolute atomic E-state index is 0.103. The number of thiazole rings is 1. The molecule has 1 aromatic heterocycles. The molecule has 3 aromatic rings. The molecule has 0 radical (unpaired) electrons. The van der Waals surface area contributed by atoms with Gasteiger partial charge in [0.25, 0.3) is 5.91 Å². The number of hydrogen-bond acceptors (Lipinski definition) is 5. The maximum absolute atomic E-state index is 12.4. The number of hydrogen-bond donors (Lipinski definition) is 1. The van der Waals surface area contributed by atoms with Crippen LogP contribution in [0.3, 0.4) is 0 Å². The predicted octanol–water partition coefficient (Wildman–Crippen LogP) is 3.99. The number of rotatable bonds is 3. The molecule has 128 valence electrons. The number of carbonyl (C=O) groups is 1. The molecule has 0 atom stereocenters. The fraction of sp³-hybridized carbons (Fsp3) is 0.222. The molecule has 1 N–H and O–H groups in total. The number of fused-ring (bicyclic) bond motifs is 1. The first-order valence-corrected chi connectivity index (χ1v) is 9.89. The van der Waals surface area contributed by atoms with Gasteiger partial charge in [0.1, 0.15) is 0 Å². The molecular formula is C18H16IN3O2S. The van der Waals surface area contributed by atoms with Crippen LogP contribution in [-0.4, -0.2) is 37.2 Å². The Balaban J connectivity index is 1.54. The van der Waals surface area contributed by atoms with Gasteiger partial charge >= 0.3 is 0 Å². The molecule has 2 aromatic carbocycles. The lowest BCUT2D eigenvalue weighted by atomic mass is 10.2. The lowest BCUT2D eigenvalue weighted by Crippen LogP contribution is -2.36. The first-order chi connectivity index (χ1) is 12.2. The van der Waals surface area contributed by atoms with Gasteiger partial charge in [-0.05, 0) is 65.1 Å². The summed E-state index contributed by atoms with van der Waals surface area (Å²) in [5.41, 5.74) is 2.39. The van der Waals surface area contributed by atoms with Crippen molar-refractivity contribution in [3.63, 3.8) is 0 Å². The molecule has 1 aliphatic rings. The van der Waals surface area contributed by atoms with Gasteiger partial charge < -0.3 is 15.0 Å². The fourth-order valence-electron chi connectivity index (χ4n) is 2.68. The number of nitrogens with zero attached hydrogens (tertiary/aromatic N) is 2. The summed E-state index contributed by atoms with van der Waals surface area (Å²) < 4.78 is 7.57. The standard InChI is InChI=1S/C18H16IN3O2S/c19-13-3-1-12(2-4-13)17(23)20-14-5-6-15-16(11-14)25-18(21-15)22-7-9-24-10-8-22/h1-6,11H,7-10H2,(H,20,23). The Morgan fingerprint density at radius 1 is 1.16 bits per heavy atom. The maximum Gasteiger partial charge on any atom is 0.255 e. The van der Waals surface area contributed by atoms with Gasteiger partial charge in [-0.1, -0.05) is 11.3 Å². The number of anilines is 2. The zero-order chi connectivity index (χ0) is 17.2. The molecule has 0 aliphatic carbocycles. The molecule has 2 heterocycles. The van der Waals surface area contributed by atoms with E-state index in [1.165, 1.54) is 0 Å². The smallest absolute Gasteiger partial charge is 0.255 e. The van der Waals surface area contributed by atoms with Crippen LogP contribution in [0.1, 0.15) is 10.4 Å². The largest absolute Gasteiger partial charge is 0.378 e. The van der Waals surface area contributed by atoms with Crippen LogP contribution in [0.5, 0.6) is 0 Å². The van der Waals surface area contributed by atoms with E-state index in [9.17, 15) is 4.79 Å². The minimum Gasteiger partial charge on any atom is -0.378 e. The average Bonchev–Trinajstić information content (AvgIpc) is 3.06. The molecule has 0 bridgehead atoms. The normalized spacial score (nSPS) is 14.7. The van der Waals surface area contributed by atoms with E-state index >= 15 is 0 Å². The third-order valence-electron chi connectivity index (χ3n) is 4.02. The molecular weight excluding hydrogens is 449 g/mol. The number of aromatic nitrogens is 1. The summed E-state index contributed by atoms with van der Waals surface area (Å²) in [5.74, 6) is -0.103. The Labute approximate surface area is 163 Å². The molecule has 5 nitrogen and oxygen atoms in total. The minimum atomic E-state index is -0.103. The molecule has 7 heteroatoms. The predicted molar refractivity (Wildman–Crippen MR) is 110 cm³/mol. The summed E-state index contributed by atoms with van der Waals surface area (Å²) >= 11 is 3.87. The van der Waals surface area contributed by atoms with Gasteiger partial charge in [0.2, 0.25) is 0 Å². The molecule has 4 rings (SSSR count). The quantitative estimate of drug-likeness (QED) is 0.595. The van der Waals surface area contributed by atoms with Crippen molar-refractivity contribution in [3.8, 4) is 0 Å². The van der Waals surface area contributed by atoms with Gasteiger partial charge in [0, 0.05) is 27.9 Å². The highest BCUT2D eigenvalue weighted by Crippen LogP contribution is 2.31. The fourth-order valence-corrected chi connectivity index (χ4v) is 4.10. The van der Waals surface area contributed by atoms with Crippen molar-refractivity contribution in [2.75, 3.05) is 36.5 Å². The lowest BCUT2D eigenvalue weighted by molar-refractivity contribution is 0.102. The van der Waals surface area contributed by atoms with Crippen molar-refractivity contribution < 1.29 is 9.53 Å². The van der Waals surface area contributed by atoms with Crippen LogP contribution in [0.25, 0.3) is 10.2 Å². The van der Waals surface area contributed by atoms with Crippen molar-refractivity contribution in [2.24, 2.45) is 0 Å². The lowest BCUT2D eigenvalue weighted by Gasteiger charge is -2.25. The van der Waals surface area contributed by atoms with E-state index < -0.39 is 0 Å². The van der Waals surface area contributed by atoms with Crippen molar-refractivity contribution >= 4 is 60.9 Å². The van der Waals surface area contributed by atoms with Gasteiger partial charge in [-0.15, -0.1) is 0 Å². The van der Waals surface area contributed by atoms with E-state index in [1.807, 2.05) is 42.5 Å². The van der Waals surface area contributed by atoms with Crippen molar-refractivity contribution in [3.05, 3.63) is 51.6 Å². The number of amides is 1. The second-order valence-corrected chi connectivity index (χ2v) is 7.99. The Kier molecular flexibility index (Phi) is 4.87. The van der Waals surface area contributed by atoms with E-state index in [0.29, 0.717) is 5.56 Å². The van der Waals surface area contributed by atoms with E-state index in [0.717, 1.165) is 50.9 Å². The van der Waals surface area contributed by atoms with Crippen LogP contribution in [0.15, 0.2) is 42.5 Å². The van der Waals surface area contributed by atoms with Gasteiger partial charge in [0.05, 0.1) is 23.4 Å². The van der Waals surface area contributed by atoms with E-state index in [2.05, 4.69) is 32.8 Å². The number of benzene rings is 2. The summed E-state index contributed by atoms with van der Waals surface area (Å²) in [6.45, 7) is 3.23. The molecule has 1 aliphatic heterocycles. The summed E-state index contributed by atoms with van der Waals surface area (Å²) in [7, 11) is 0. The first-order valence-electron chi connectivity index (χ1n) is 7.99. The number of nitrogens with one attached hydrogen (secondary N) is 1. The van der Waals surface area contributed by atoms with Crippen molar-refractivity contribution in [1.82, 2.24) is 4.98 Å². The monoisotopic (exact) mass is 465 g/mol. The van der Waals surface area contributed by atoms with Gasteiger partial charge in [-0.3, -0.25) is 4.79 Å². The van der Waals surface area contributed by atoms with Gasteiger partial charge in [-0.2, -0.15) is 0 Å². The summed E-state index contributed by atoms with van der Waals surface area (Å²) in [5, 5.41) is 3.98. The summed E-state index contributed by atoms with van der Waals surface area (Å²) in [4.78, 5) is 19.3. The molecule has 1 amide bonds. The zero-order valence-corrected chi connectivity index (χ0v) is 16.3. The van der Waals surface area contributed by atoms with E-state index in [4.69, 9.17) is 9.72 Å². The Morgan fingerprint density at radius 3 is 2.68 bits per heavy atom. The third kappa shape index (κ3) is 3.78. The maximum atomic E-state index is 12.4. The average molecular weight is 465 g/mol. The van der Waals surface area contributed by atoms with Crippen molar-refractivity contribution in [2.45, 2.75) is 0 Å². The summed E-state index contributed by atoms with van der Waals surface area (Å²) in [6, 6.07) is 13.4. The number of ether oxygens (including phenoxy) is 1. The molecule has 25 heavy (non-hydrogen) atoms. The van der Waals surface area contributed by atoms with Crippen molar-refractivity contribution in [1.29, 1.82) is 0 Å². The van der Waals surface area contributed by atoms with Crippen LogP contribution in [0.2, 0.25) is 0 Å². The Bertz CT molecular complexity index is 904. The molecule has 0 spiro atoms. The number of morpholine rings is 1. The zero-order valence-electron chi connectivity index (χ0n) is 13.4. The molecule has 0 unspecified atom stereocenters. The second-order valence-electron chi connectivity index (χ2n) is 5.74. The Hall–Kier alpha value is -1.71. The van der Waals surface area contributed by atoms with E-state index in [-0.39, 0.29) is 5.91 Å².